The van der Waals surface area contributed by atoms with Gasteiger partial charge in [-0.15, -0.1) is 0 Å². The van der Waals surface area contributed by atoms with E-state index in [-0.39, 0.29) is 24.7 Å². The number of benzene rings is 1. The number of aliphatic hydroxyl groups excluding tert-OH is 1. The zero-order valence-electron chi connectivity index (χ0n) is 10.6. The van der Waals surface area contributed by atoms with Crippen LogP contribution in [0.15, 0.2) is 41.6 Å². The Morgan fingerprint density at radius 2 is 2.05 bits per heavy atom. The Morgan fingerprint density at radius 3 is 2.65 bits per heavy atom. The number of rotatable bonds is 7. The summed E-state index contributed by atoms with van der Waals surface area (Å²) < 4.78 is 31.7. The molecule has 1 aromatic carbocycles. The Hall–Kier alpha value is -1.90. The molecule has 0 radical (unpaired) electrons. The number of sulfonamides is 1. The van der Waals surface area contributed by atoms with Gasteiger partial charge in [-0.3, -0.25) is 5.10 Å². The summed E-state index contributed by atoms with van der Waals surface area (Å²) in [7, 11) is -3.57. The first-order valence-electron chi connectivity index (χ1n) is 5.93. The number of nitrogens with one attached hydrogen (secondary N) is 2. The van der Waals surface area contributed by atoms with Gasteiger partial charge in [0.15, 0.2) is 0 Å². The molecule has 2 aromatic rings. The van der Waals surface area contributed by atoms with Crippen molar-refractivity contribution in [2.24, 2.45) is 0 Å². The molecule has 0 bridgehead atoms. The van der Waals surface area contributed by atoms with Crippen LogP contribution in [0.1, 0.15) is 5.56 Å². The second kappa shape index (κ2) is 6.51. The molecule has 0 unspecified atom stereocenters. The third-order valence-corrected chi connectivity index (χ3v) is 3.93. The molecule has 2 rings (SSSR count). The molecule has 0 aliphatic rings. The zero-order valence-corrected chi connectivity index (χ0v) is 11.4. The highest BCUT2D eigenvalue weighted by Gasteiger charge is 2.13. The van der Waals surface area contributed by atoms with E-state index >= 15 is 0 Å². The maximum Gasteiger partial charge on any atom is 0.240 e. The first-order chi connectivity index (χ1) is 9.62. The highest BCUT2D eigenvalue weighted by Crippen LogP contribution is 2.16. The molecule has 0 aliphatic heterocycles. The molecule has 1 heterocycles. The molecule has 0 atom stereocenters. The average Bonchev–Trinajstić information content (AvgIpc) is 2.97. The van der Waals surface area contributed by atoms with Gasteiger partial charge in [0.05, 0.1) is 17.7 Å². The normalized spacial score (nSPS) is 11.4. The largest absolute Gasteiger partial charge is 0.491 e. The van der Waals surface area contributed by atoms with Gasteiger partial charge in [-0.25, -0.2) is 13.1 Å². The molecule has 20 heavy (non-hydrogen) atoms. The van der Waals surface area contributed by atoms with Gasteiger partial charge in [-0.2, -0.15) is 5.10 Å². The van der Waals surface area contributed by atoms with Gasteiger partial charge in [0, 0.05) is 18.3 Å². The summed E-state index contributed by atoms with van der Waals surface area (Å²) in [5.41, 5.74) is 0.747. The lowest BCUT2D eigenvalue weighted by Gasteiger charge is -2.07. The van der Waals surface area contributed by atoms with E-state index in [1.807, 2.05) is 0 Å². The van der Waals surface area contributed by atoms with Crippen LogP contribution in [0.5, 0.6) is 5.75 Å². The minimum Gasteiger partial charge on any atom is -0.491 e. The Kier molecular flexibility index (Phi) is 4.72. The van der Waals surface area contributed by atoms with E-state index in [4.69, 9.17) is 9.84 Å². The fourth-order valence-electron chi connectivity index (χ4n) is 1.51. The number of aromatic nitrogens is 2. The minimum absolute atomic E-state index is 0.0910. The summed E-state index contributed by atoms with van der Waals surface area (Å²) in [5.74, 6) is 0.507. The van der Waals surface area contributed by atoms with Crippen LogP contribution in [-0.2, 0) is 16.6 Å². The van der Waals surface area contributed by atoms with Gasteiger partial charge in [-0.1, -0.05) is 0 Å². The molecular formula is C12H15N3O4S. The number of aliphatic hydroxyl groups is 1. The molecule has 0 saturated carbocycles. The van der Waals surface area contributed by atoms with Gasteiger partial charge >= 0.3 is 0 Å². The van der Waals surface area contributed by atoms with E-state index in [1.54, 1.807) is 24.5 Å². The van der Waals surface area contributed by atoms with Crippen LogP contribution in [0.25, 0.3) is 0 Å². The Bertz CT molecular complexity index is 623. The van der Waals surface area contributed by atoms with Crippen LogP contribution in [-0.4, -0.2) is 36.9 Å². The monoisotopic (exact) mass is 297 g/mol. The lowest BCUT2D eigenvalue weighted by atomic mass is 10.3. The summed E-state index contributed by atoms with van der Waals surface area (Å²) in [6.07, 6.45) is 3.17. The topological polar surface area (TPSA) is 104 Å². The van der Waals surface area contributed by atoms with Crippen molar-refractivity contribution in [3.05, 3.63) is 42.2 Å². The van der Waals surface area contributed by atoms with Crippen molar-refractivity contribution in [1.29, 1.82) is 0 Å². The third-order valence-electron chi connectivity index (χ3n) is 2.52. The van der Waals surface area contributed by atoms with Crippen LogP contribution in [0.2, 0.25) is 0 Å². The Balaban J connectivity index is 2.01. The van der Waals surface area contributed by atoms with Crippen molar-refractivity contribution in [3.8, 4) is 5.75 Å². The predicted molar refractivity (Wildman–Crippen MR) is 71.6 cm³/mol. The van der Waals surface area contributed by atoms with E-state index in [2.05, 4.69) is 14.9 Å². The van der Waals surface area contributed by atoms with Crippen LogP contribution >= 0.6 is 0 Å². The summed E-state index contributed by atoms with van der Waals surface area (Å²) in [6.45, 7) is 0.249. The van der Waals surface area contributed by atoms with E-state index in [1.165, 1.54) is 12.1 Å². The van der Waals surface area contributed by atoms with Gasteiger partial charge in [0.2, 0.25) is 10.0 Å². The van der Waals surface area contributed by atoms with Crippen LogP contribution < -0.4 is 9.46 Å². The molecule has 3 N–H and O–H groups in total. The highest BCUT2D eigenvalue weighted by atomic mass is 32.2. The Labute approximate surface area is 116 Å². The van der Waals surface area contributed by atoms with Crippen molar-refractivity contribution < 1.29 is 18.3 Å². The van der Waals surface area contributed by atoms with E-state index in [0.29, 0.717) is 5.75 Å². The standard InChI is InChI=1S/C12H15N3O4S/c16-5-6-19-11-1-3-12(4-2-11)20(17,18)15-9-10-7-13-14-8-10/h1-4,7-8,15-16H,5-6,9H2,(H,13,14). The molecule has 0 spiro atoms. The molecule has 8 heteroatoms. The molecule has 1 aromatic heterocycles. The number of nitrogens with zero attached hydrogens (tertiary/aromatic N) is 1. The number of H-pyrrole nitrogens is 1. The van der Waals surface area contributed by atoms with Crippen LogP contribution in [0.3, 0.4) is 0 Å². The molecule has 0 saturated heterocycles. The smallest absolute Gasteiger partial charge is 0.240 e. The van der Waals surface area contributed by atoms with Gasteiger partial charge in [0.1, 0.15) is 12.4 Å². The first kappa shape index (κ1) is 14.5. The number of ether oxygens (including phenoxy) is 1. The summed E-state index contributed by atoms with van der Waals surface area (Å²) in [6, 6.07) is 5.99. The second-order valence-corrected chi connectivity index (χ2v) is 5.74. The van der Waals surface area contributed by atoms with Crippen molar-refractivity contribution in [3.63, 3.8) is 0 Å². The van der Waals surface area contributed by atoms with Gasteiger partial charge in [-0.05, 0) is 24.3 Å². The lowest BCUT2D eigenvalue weighted by molar-refractivity contribution is 0.201. The van der Waals surface area contributed by atoms with Crippen molar-refractivity contribution >= 4 is 10.0 Å². The number of hydrogen-bond acceptors (Lipinski definition) is 5. The van der Waals surface area contributed by atoms with Crippen molar-refractivity contribution in [1.82, 2.24) is 14.9 Å². The highest BCUT2D eigenvalue weighted by molar-refractivity contribution is 7.89. The number of hydrogen-bond donors (Lipinski definition) is 3. The van der Waals surface area contributed by atoms with Crippen molar-refractivity contribution in [2.75, 3.05) is 13.2 Å². The molecular weight excluding hydrogens is 282 g/mol. The van der Waals surface area contributed by atoms with E-state index in [0.717, 1.165) is 5.56 Å². The van der Waals surface area contributed by atoms with Crippen LogP contribution in [0.4, 0.5) is 0 Å². The maximum absolute atomic E-state index is 12.0. The lowest BCUT2D eigenvalue weighted by Crippen LogP contribution is -2.23. The minimum atomic E-state index is -3.57. The van der Waals surface area contributed by atoms with Gasteiger partial charge < -0.3 is 9.84 Å². The fraction of sp³-hybridized carbons (Fsp3) is 0.250. The van der Waals surface area contributed by atoms with Crippen molar-refractivity contribution in [2.45, 2.75) is 11.4 Å². The van der Waals surface area contributed by atoms with Gasteiger partial charge in [0.25, 0.3) is 0 Å². The zero-order chi connectivity index (χ0) is 14.4. The molecule has 108 valence electrons. The summed E-state index contributed by atoms with van der Waals surface area (Å²) in [5, 5.41) is 15.0. The fourth-order valence-corrected chi connectivity index (χ4v) is 2.53. The SMILES string of the molecule is O=S(=O)(NCc1cn[nH]c1)c1ccc(OCCO)cc1. The quantitative estimate of drug-likeness (QED) is 0.680. The average molecular weight is 297 g/mol. The molecule has 0 fully saturated rings. The maximum atomic E-state index is 12.0. The molecule has 0 amide bonds. The van der Waals surface area contributed by atoms with E-state index < -0.39 is 10.0 Å². The first-order valence-corrected chi connectivity index (χ1v) is 7.41. The summed E-state index contributed by atoms with van der Waals surface area (Å²) in [4.78, 5) is 0.150. The molecule has 0 aliphatic carbocycles. The third kappa shape index (κ3) is 3.80. The second-order valence-electron chi connectivity index (χ2n) is 3.97. The number of aromatic amines is 1. The summed E-state index contributed by atoms with van der Waals surface area (Å²) >= 11 is 0. The Morgan fingerprint density at radius 1 is 1.30 bits per heavy atom. The predicted octanol–water partition coefficient (Wildman–Crippen LogP) is 0.259. The van der Waals surface area contributed by atoms with Crippen LogP contribution in [0, 0.1) is 0 Å². The molecule has 7 nitrogen and oxygen atoms in total. The van der Waals surface area contributed by atoms with E-state index in [9.17, 15) is 8.42 Å².